The number of aliphatic hydroxyl groups excluding tert-OH is 1. The van der Waals surface area contributed by atoms with Crippen LogP contribution in [0, 0.1) is 5.92 Å². The topological polar surface area (TPSA) is 71.2 Å². The summed E-state index contributed by atoms with van der Waals surface area (Å²) in [5, 5.41) is 17.6. The Labute approximate surface area is 133 Å². The molecule has 0 spiro atoms. The summed E-state index contributed by atoms with van der Waals surface area (Å²) in [4.78, 5) is 14.2. The zero-order valence-corrected chi connectivity index (χ0v) is 12.8. The Morgan fingerprint density at radius 3 is 2.73 bits per heavy atom. The zero-order chi connectivity index (χ0) is 15.5. The lowest BCUT2D eigenvalue weighted by Gasteiger charge is -2.30. The maximum Gasteiger partial charge on any atom is 0.276 e. The standard InChI is InChI=1S/C15H17ClN4O2/c16-12-3-1-2-4-14(12)20-9-13(17-18-20)15(22)19-7-5-11(10-21)6-8-19/h1-4,9,11,21H,5-8,10H2. The van der Waals surface area contributed by atoms with E-state index in [4.69, 9.17) is 16.7 Å². The third-order valence-electron chi connectivity index (χ3n) is 3.97. The number of aromatic nitrogens is 3. The first kappa shape index (κ1) is 15.0. The van der Waals surface area contributed by atoms with E-state index in [9.17, 15) is 4.79 Å². The molecule has 3 rings (SSSR count). The molecule has 0 unspecified atom stereocenters. The number of benzene rings is 1. The summed E-state index contributed by atoms with van der Waals surface area (Å²) in [6, 6.07) is 7.27. The summed E-state index contributed by atoms with van der Waals surface area (Å²) in [5.41, 5.74) is 0.997. The summed E-state index contributed by atoms with van der Waals surface area (Å²) in [6.45, 7) is 1.47. The monoisotopic (exact) mass is 320 g/mol. The highest BCUT2D eigenvalue weighted by atomic mass is 35.5. The number of nitrogens with zero attached hydrogens (tertiary/aromatic N) is 4. The van der Waals surface area contributed by atoms with E-state index >= 15 is 0 Å². The van der Waals surface area contributed by atoms with E-state index < -0.39 is 0 Å². The number of hydrogen-bond donors (Lipinski definition) is 1. The number of carbonyl (C=O) groups excluding carboxylic acids is 1. The second kappa shape index (κ2) is 6.46. The molecule has 2 aromatic rings. The van der Waals surface area contributed by atoms with Crippen LogP contribution in [0.25, 0.3) is 5.69 Å². The molecule has 0 saturated carbocycles. The average Bonchev–Trinajstić information content (AvgIpc) is 3.04. The van der Waals surface area contributed by atoms with E-state index in [0.29, 0.717) is 35.4 Å². The van der Waals surface area contributed by atoms with Gasteiger partial charge in [-0.05, 0) is 30.9 Å². The Kier molecular flexibility index (Phi) is 4.40. The number of para-hydroxylation sites is 1. The van der Waals surface area contributed by atoms with Crippen LogP contribution in [0.1, 0.15) is 23.3 Å². The maximum absolute atomic E-state index is 12.4. The molecule has 0 aliphatic carbocycles. The fraction of sp³-hybridized carbons (Fsp3) is 0.400. The molecular formula is C15H17ClN4O2. The minimum absolute atomic E-state index is 0.130. The first-order valence-corrected chi connectivity index (χ1v) is 7.64. The lowest BCUT2D eigenvalue weighted by atomic mass is 9.98. The molecule has 0 bridgehead atoms. The van der Waals surface area contributed by atoms with Gasteiger partial charge in [-0.15, -0.1) is 5.10 Å². The van der Waals surface area contributed by atoms with Gasteiger partial charge in [0.1, 0.15) is 0 Å². The molecule has 1 saturated heterocycles. The molecule has 6 nitrogen and oxygen atoms in total. The molecular weight excluding hydrogens is 304 g/mol. The Morgan fingerprint density at radius 1 is 1.32 bits per heavy atom. The second-order valence-electron chi connectivity index (χ2n) is 5.42. The van der Waals surface area contributed by atoms with Gasteiger partial charge in [-0.2, -0.15) is 0 Å². The van der Waals surface area contributed by atoms with Crippen LogP contribution < -0.4 is 0 Å². The third kappa shape index (κ3) is 2.98. The van der Waals surface area contributed by atoms with Crippen LogP contribution >= 0.6 is 11.6 Å². The minimum Gasteiger partial charge on any atom is -0.396 e. The van der Waals surface area contributed by atoms with Crippen molar-refractivity contribution in [3.8, 4) is 5.69 Å². The van der Waals surface area contributed by atoms with Crippen molar-refractivity contribution in [2.24, 2.45) is 5.92 Å². The molecule has 1 amide bonds. The van der Waals surface area contributed by atoms with Crippen LogP contribution in [0.3, 0.4) is 0 Å². The Hall–Kier alpha value is -1.92. The normalized spacial score (nSPS) is 16.0. The summed E-state index contributed by atoms with van der Waals surface area (Å²) in [7, 11) is 0. The van der Waals surface area contributed by atoms with Gasteiger partial charge in [-0.1, -0.05) is 28.9 Å². The van der Waals surface area contributed by atoms with E-state index in [1.165, 1.54) is 4.68 Å². The molecule has 1 aromatic carbocycles. The molecule has 1 fully saturated rings. The lowest BCUT2D eigenvalue weighted by Crippen LogP contribution is -2.39. The molecule has 116 valence electrons. The predicted octanol–water partition coefficient (Wildman–Crippen LogP) is 1.77. The summed E-state index contributed by atoms with van der Waals surface area (Å²) >= 11 is 6.12. The average molecular weight is 321 g/mol. The Balaban J connectivity index is 1.74. The number of amides is 1. The molecule has 1 aliphatic rings. The number of halogens is 1. The Bertz CT molecular complexity index is 665. The van der Waals surface area contributed by atoms with E-state index in [2.05, 4.69) is 10.3 Å². The van der Waals surface area contributed by atoms with Crippen LogP contribution in [0.15, 0.2) is 30.5 Å². The molecule has 0 radical (unpaired) electrons. The van der Waals surface area contributed by atoms with Crippen molar-refractivity contribution in [1.82, 2.24) is 19.9 Å². The summed E-state index contributed by atoms with van der Waals surface area (Å²) in [5.74, 6) is 0.164. The maximum atomic E-state index is 12.4. The van der Waals surface area contributed by atoms with Gasteiger partial charge in [-0.3, -0.25) is 4.79 Å². The Morgan fingerprint density at radius 2 is 2.05 bits per heavy atom. The fourth-order valence-electron chi connectivity index (χ4n) is 2.60. The number of carbonyl (C=O) groups is 1. The molecule has 1 aromatic heterocycles. The van der Waals surface area contributed by atoms with Crippen molar-refractivity contribution in [3.63, 3.8) is 0 Å². The minimum atomic E-state index is -0.130. The van der Waals surface area contributed by atoms with Crippen molar-refractivity contribution in [1.29, 1.82) is 0 Å². The molecule has 0 atom stereocenters. The number of piperidine rings is 1. The van der Waals surface area contributed by atoms with Crippen molar-refractivity contribution >= 4 is 17.5 Å². The molecule has 7 heteroatoms. The van der Waals surface area contributed by atoms with Gasteiger partial charge in [0.25, 0.3) is 5.91 Å². The van der Waals surface area contributed by atoms with Crippen molar-refractivity contribution in [2.45, 2.75) is 12.8 Å². The fourth-order valence-corrected chi connectivity index (χ4v) is 2.82. The number of hydrogen-bond acceptors (Lipinski definition) is 4. The quantitative estimate of drug-likeness (QED) is 0.935. The van der Waals surface area contributed by atoms with E-state index in [0.717, 1.165) is 12.8 Å². The first-order chi connectivity index (χ1) is 10.7. The van der Waals surface area contributed by atoms with Crippen LogP contribution in [0.2, 0.25) is 5.02 Å². The number of aliphatic hydroxyl groups is 1. The zero-order valence-electron chi connectivity index (χ0n) is 12.0. The van der Waals surface area contributed by atoms with E-state index in [1.54, 1.807) is 17.2 Å². The van der Waals surface area contributed by atoms with Gasteiger partial charge < -0.3 is 10.0 Å². The predicted molar refractivity (Wildman–Crippen MR) is 82.1 cm³/mol. The van der Waals surface area contributed by atoms with E-state index in [-0.39, 0.29) is 12.5 Å². The largest absolute Gasteiger partial charge is 0.396 e. The van der Waals surface area contributed by atoms with Crippen LogP contribution in [0.4, 0.5) is 0 Å². The van der Waals surface area contributed by atoms with Gasteiger partial charge in [-0.25, -0.2) is 4.68 Å². The van der Waals surface area contributed by atoms with Crippen molar-refractivity contribution < 1.29 is 9.90 Å². The van der Waals surface area contributed by atoms with Crippen molar-refractivity contribution in [3.05, 3.63) is 41.2 Å². The van der Waals surface area contributed by atoms with Gasteiger partial charge in [0, 0.05) is 19.7 Å². The highest BCUT2D eigenvalue weighted by Gasteiger charge is 2.25. The highest BCUT2D eigenvalue weighted by Crippen LogP contribution is 2.20. The first-order valence-electron chi connectivity index (χ1n) is 7.26. The summed E-state index contributed by atoms with van der Waals surface area (Å²) < 4.78 is 1.51. The van der Waals surface area contributed by atoms with Crippen LogP contribution in [-0.4, -0.2) is 50.6 Å². The number of likely N-dealkylation sites (tertiary alicyclic amines) is 1. The van der Waals surface area contributed by atoms with Gasteiger partial charge in [0.2, 0.25) is 0 Å². The summed E-state index contributed by atoms with van der Waals surface area (Å²) in [6.07, 6.45) is 3.24. The van der Waals surface area contributed by atoms with Crippen LogP contribution in [0.5, 0.6) is 0 Å². The van der Waals surface area contributed by atoms with Gasteiger partial charge in [0.15, 0.2) is 5.69 Å². The second-order valence-corrected chi connectivity index (χ2v) is 5.83. The SMILES string of the molecule is O=C(c1cn(-c2ccccc2Cl)nn1)N1CCC(CO)CC1. The molecule has 2 heterocycles. The number of rotatable bonds is 3. The lowest BCUT2D eigenvalue weighted by molar-refractivity contribution is 0.0645. The van der Waals surface area contributed by atoms with Gasteiger partial charge in [0.05, 0.1) is 16.9 Å². The smallest absolute Gasteiger partial charge is 0.276 e. The highest BCUT2D eigenvalue weighted by molar-refractivity contribution is 6.32. The molecule has 22 heavy (non-hydrogen) atoms. The van der Waals surface area contributed by atoms with Gasteiger partial charge >= 0.3 is 0 Å². The molecule has 1 N–H and O–H groups in total. The molecule has 1 aliphatic heterocycles. The van der Waals surface area contributed by atoms with E-state index in [1.807, 2.05) is 18.2 Å². The third-order valence-corrected chi connectivity index (χ3v) is 4.29. The van der Waals surface area contributed by atoms with Crippen molar-refractivity contribution in [2.75, 3.05) is 19.7 Å². The van der Waals surface area contributed by atoms with Crippen LogP contribution in [-0.2, 0) is 0 Å².